The van der Waals surface area contributed by atoms with E-state index in [1.807, 2.05) is 0 Å². The van der Waals surface area contributed by atoms with Gasteiger partial charge in [0.2, 0.25) is 15.7 Å². The quantitative estimate of drug-likeness (QED) is 0.219. The van der Waals surface area contributed by atoms with Crippen LogP contribution in [0.5, 0.6) is 17.4 Å². The summed E-state index contributed by atoms with van der Waals surface area (Å²) in [6.07, 6.45) is 1.81. The zero-order valence-electron chi connectivity index (χ0n) is 25.7. The molecular weight excluding hydrogens is 743 g/mol. The zero-order valence-corrected chi connectivity index (χ0v) is 29.8. The predicted molar refractivity (Wildman–Crippen MR) is 169 cm³/mol. The fourth-order valence-electron chi connectivity index (χ4n) is 5.21. The topological polar surface area (TPSA) is 263 Å². The number of hydrogen-bond donors (Lipinski definition) is 1. The number of sulfone groups is 5. The molecule has 18 nitrogen and oxygen atoms in total. The van der Waals surface area contributed by atoms with Gasteiger partial charge in [0.1, 0.15) is 23.5 Å². The van der Waals surface area contributed by atoms with Crippen LogP contribution in [0.1, 0.15) is 0 Å². The first-order valence-corrected chi connectivity index (χ1v) is 21.9. The number of methoxy groups -OCH3 is 2. The molecule has 1 saturated heterocycles. The zero-order chi connectivity index (χ0) is 36.5. The van der Waals surface area contributed by atoms with Crippen LogP contribution in [-0.2, 0) is 58.5 Å². The molecule has 3 aromatic rings. The van der Waals surface area contributed by atoms with Gasteiger partial charge in [-0.3, -0.25) is 9.36 Å². The largest absolute Gasteiger partial charge is 0.497 e. The minimum Gasteiger partial charge on any atom is -0.494 e. The van der Waals surface area contributed by atoms with Crippen molar-refractivity contribution in [3.05, 3.63) is 59.1 Å². The molecule has 0 bridgehead atoms. The first kappa shape index (κ1) is 37.3. The Labute approximate surface area is 276 Å². The molecule has 0 atom stereocenters. The summed E-state index contributed by atoms with van der Waals surface area (Å²) in [5, 5.41) is 11.1. The van der Waals surface area contributed by atoms with Gasteiger partial charge in [0.25, 0.3) is 5.56 Å². The van der Waals surface area contributed by atoms with Gasteiger partial charge >= 0.3 is 15.6 Å². The molecule has 0 aliphatic carbocycles. The third-order valence-electron chi connectivity index (χ3n) is 7.14. The molecule has 1 aromatic heterocycles. The van der Waals surface area contributed by atoms with E-state index in [4.69, 9.17) is 18.8 Å². The summed E-state index contributed by atoms with van der Waals surface area (Å²) in [7, 11) is -26.0. The van der Waals surface area contributed by atoms with Crippen LogP contribution < -0.4 is 20.5 Å². The molecule has 2 heterocycles. The number of para-hydroxylation sites is 1. The Kier molecular flexibility index (Phi) is 9.17. The highest BCUT2D eigenvalue weighted by atomic mass is 32.3. The summed E-state index contributed by atoms with van der Waals surface area (Å²) in [6.45, 7) is 0. The molecule has 0 radical (unpaired) electrons. The molecule has 1 fully saturated rings. The molecule has 1 aliphatic heterocycles. The van der Waals surface area contributed by atoms with Gasteiger partial charge in [0.05, 0.1) is 19.1 Å². The maximum absolute atomic E-state index is 13.7. The standard InChI is InChI=1S/C24H27BN2O16S5/c1-40-17-8-7-9-18(41-2)19(17)27-14-26-21(28)20(22(27)29)48(38,39)16-12-10-15(11-13-16)25-42-23(44(3,30)31,45(4,32)33)24(43-25,46(5,34)35)47(6,36)37/h7-14,29H,1-6H3. The molecule has 1 aliphatic rings. The summed E-state index contributed by atoms with van der Waals surface area (Å²) < 4.78 is 145. The van der Waals surface area contributed by atoms with Crippen molar-refractivity contribution in [1.29, 1.82) is 0 Å². The Morgan fingerprint density at radius 2 is 1.15 bits per heavy atom. The van der Waals surface area contributed by atoms with Crippen molar-refractivity contribution in [3.63, 3.8) is 0 Å². The highest BCUT2D eigenvalue weighted by Crippen LogP contribution is 2.51. The summed E-state index contributed by atoms with van der Waals surface area (Å²) in [4.78, 5) is 14.4. The monoisotopic (exact) mass is 770 g/mol. The number of aromatic nitrogens is 2. The van der Waals surface area contributed by atoms with Crippen LogP contribution in [0.2, 0.25) is 0 Å². The minimum atomic E-state index is -5.33. The number of rotatable bonds is 10. The fraction of sp³-hybridized carbons (Fsp3) is 0.333. The van der Waals surface area contributed by atoms with E-state index >= 15 is 0 Å². The van der Waals surface area contributed by atoms with Crippen LogP contribution in [0.4, 0.5) is 0 Å². The van der Waals surface area contributed by atoms with Gasteiger partial charge in [0, 0.05) is 25.0 Å². The average molecular weight is 771 g/mol. The van der Waals surface area contributed by atoms with E-state index in [1.54, 1.807) is 0 Å². The van der Waals surface area contributed by atoms with Crippen molar-refractivity contribution in [2.45, 2.75) is 18.3 Å². The summed E-state index contributed by atoms with van der Waals surface area (Å²) in [5.41, 5.74) is -1.83. The Morgan fingerprint density at radius 1 is 0.729 bits per heavy atom. The number of aromatic hydroxyl groups is 1. The lowest BCUT2D eigenvalue weighted by Crippen LogP contribution is -2.67. The minimum absolute atomic E-state index is 0.0182. The van der Waals surface area contributed by atoms with Gasteiger partial charge in [-0.2, -0.15) is 4.98 Å². The van der Waals surface area contributed by atoms with E-state index < -0.39 is 91.5 Å². The molecule has 2 aromatic carbocycles. The number of nitrogens with zero attached hydrogens (tertiary/aromatic N) is 2. The van der Waals surface area contributed by atoms with Crippen molar-refractivity contribution in [3.8, 4) is 23.1 Å². The first-order valence-electron chi connectivity index (χ1n) is 12.8. The number of benzene rings is 2. The van der Waals surface area contributed by atoms with Crippen LogP contribution in [0.15, 0.2) is 63.4 Å². The van der Waals surface area contributed by atoms with Crippen LogP contribution in [0, 0.1) is 0 Å². The van der Waals surface area contributed by atoms with Gasteiger partial charge < -0.3 is 23.9 Å². The molecule has 0 amide bonds. The van der Waals surface area contributed by atoms with E-state index in [-0.39, 0.29) is 42.2 Å². The molecule has 4 rings (SSSR count). The maximum Gasteiger partial charge on any atom is 0.497 e. The van der Waals surface area contributed by atoms with Gasteiger partial charge in [-0.15, -0.1) is 0 Å². The highest BCUT2D eigenvalue weighted by Gasteiger charge is 2.83. The lowest BCUT2D eigenvalue weighted by atomic mass is 9.80. The first-order chi connectivity index (χ1) is 21.8. The average Bonchev–Trinajstić information content (AvgIpc) is 3.38. The number of ether oxygens (including phenoxy) is 2. The van der Waals surface area contributed by atoms with Gasteiger partial charge in [-0.25, -0.2) is 42.1 Å². The molecule has 48 heavy (non-hydrogen) atoms. The van der Waals surface area contributed by atoms with Gasteiger partial charge in [-0.1, -0.05) is 18.2 Å². The Bertz CT molecular complexity index is 2260. The number of hydrogen-bond acceptors (Lipinski definition) is 17. The summed E-state index contributed by atoms with van der Waals surface area (Å²) in [6, 6.07) is 7.74. The van der Waals surface area contributed by atoms with Gasteiger partial charge in [0.15, 0.2) is 44.2 Å². The fourth-order valence-corrected chi connectivity index (χ4v) is 17.7. The van der Waals surface area contributed by atoms with Crippen molar-refractivity contribution in [2.75, 3.05) is 39.2 Å². The molecule has 0 saturated carbocycles. The Balaban J connectivity index is 1.90. The van der Waals surface area contributed by atoms with Crippen LogP contribution in [-0.4, -0.2) is 112 Å². The summed E-state index contributed by atoms with van der Waals surface area (Å²) >= 11 is 0. The maximum atomic E-state index is 13.7. The molecular formula is C24H27BN2O16S5. The van der Waals surface area contributed by atoms with Crippen LogP contribution >= 0.6 is 0 Å². The molecule has 0 spiro atoms. The van der Waals surface area contributed by atoms with Crippen molar-refractivity contribution >= 4 is 61.8 Å². The highest BCUT2D eigenvalue weighted by molar-refractivity contribution is 8.16. The van der Waals surface area contributed by atoms with Crippen LogP contribution in [0.25, 0.3) is 5.69 Å². The SMILES string of the molecule is COc1cccc(OC)c1-n1cnc(=O)c(S(=O)(=O)c2ccc(B3OC(S(C)(=O)=O)(S(C)(=O)=O)C(S(C)(=O)=O)(S(C)(=O)=O)O3)cc2)c1O. The molecule has 1 N–H and O–H groups in total. The van der Waals surface area contributed by atoms with Gasteiger partial charge in [-0.05, 0) is 29.7 Å². The van der Waals surface area contributed by atoms with E-state index in [1.165, 1.54) is 32.4 Å². The molecule has 262 valence electrons. The Hall–Kier alpha value is -3.55. The Morgan fingerprint density at radius 3 is 1.52 bits per heavy atom. The second-order valence-corrected chi connectivity index (χ2v) is 21.3. The normalized spacial score (nSPS) is 16.8. The smallest absolute Gasteiger partial charge is 0.494 e. The van der Waals surface area contributed by atoms with Crippen molar-refractivity contribution in [2.24, 2.45) is 0 Å². The van der Waals surface area contributed by atoms with E-state index in [0.717, 1.165) is 35.2 Å². The van der Waals surface area contributed by atoms with E-state index in [0.29, 0.717) is 0 Å². The van der Waals surface area contributed by atoms with Crippen LogP contribution in [0.3, 0.4) is 0 Å². The van der Waals surface area contributed by atoms with E-state index in [2.05, 4.69) is 4.98 Å². The van der Waals surface area contributed by atoms with Crippen molar-refractivity contribution < 1.29 is 66.0 Å². The molecule has 24 heteroatoms. The second-order valence-electron chi connectivity index (χ2n) is 10.4. The third kappa shape index (κ3) is 5.38. The lowest BCUT2D eigenvalue weighted by Gasteiger charge is -2.37. The second kappa shape index (κ2) is 11.8. The van der Waals surface area contributed by atoms with Crippen molar-refractivity contribution in [1.82, 2.24) is 9.55 Å². The summed E-state index contributed by atoms with van der Waals surface area (Å²) in [5.74, 6) is -0.905. The predicted octanol–water partition coefficient (Wildman–Crippen LogP) is -1.98. The van der Waals surface area contributed by atoms with E-state index in [9.17, 15) is 52.0 Å². The lowest BCUT2D eigenvalue weighted by molar-refractivity contribution is 0.202. The third-order valence-corrected chi connectivity index (χ3v) is 18.5. The molecule has 0 unspecified atom stereocenters.